The molecule has 0 fully saturated rings. The third-order valence-corrected chi connectivity index (χ3v) is 4.47. The molecule has 2 heterocycles. The quantitative estimate of drug-likeness (QED) is 0.778. The van der Waals surface area contributed by atoms with Crippen molar-refractivity contribution in [2.75, 3.05) is 20.3 Å². The van der Waals surface area contributed by atoms with E-state index in [1.165, 1.54) is 13.3 Å². The van der Waals surface area contributed by atoms with E-state index in [4.69, 9.17) is 21.1 Å². The van der Waals surface area contributed by atoms with Gasteiger partial charge in [0.1, 0.15) is 17.9 Å². The van der Waals surface area contributed by atoms with E-state index in [1.807, 2.05) is 6.07 Å². The summed E-state index contributed by atoms with van der Waals surface area (Å²) < 4.78 is 12.1. The molecule has 0 atom stereocenters. The van der Waals surface area contributed by atoms with E-state index < -0.39 is 5.97 Å². The van der Waals surface area contributed by atoms with Crippen LogP contribution in [0.3, 0.4) is 0 Å². The first kappa shape index (κ1) is 17.3. The summed E-state index contributed by atoms with van der Waals surface area (Å²) in [6, 6.07) is 5.24. The average Bonchev–Trinajstić information content (AvgIpc) is 2.82. The van der Waals surface area contributed by atoms with Gasteiger partial charge in [-0.25, -0.2) is 4.79 Å². The van der Waals surface area contributed by atoms with E-state index in [2.05, 4.69) is 5.10 Å². The SMILES string of the molecule is COC(=O)c1cccc2c1OCCN(C(=O)Cc1c(Cl)cnn1C)C2. The van der Waals surface area contributed by atoms with Gasteiger partial charge in [0.05, 0.1) is 37.0 Å². The minimum absolute atomic E-state index is 0.0783. The Bertz CT molecular complexity index is 799. The number of amides is 1. The van der Waals surface area contributed by atoms with Gasteiger partial charge in [0.2, 0.25) is 5.91 Å². The van der Waals surface area contributed by atoms with E-state index in [0.717, 1.165) is 5.56 Å². The predicted octanol–water partition coefficient (Wildman–Crippen LogP) is 1.82. The molecule has 132 valence electrons. The summed E-state index contributed by atoms with van der Waals surface area (Å²) >= 11 is 6.08. The topological polar surface area (TPSA) is 73.7 Å². The number of methoxy groups -OCH3 is 1. The lowest BCUT2D eigenvalue weighted by molar-refractivity contribution is -0.131. The van der Waals surface area contributed by atoms with Crippen molar-refractivity contribution in [3.05, 3.63) is 46.2 Å². The van der Waals surface area contributed by atoms with Crippen molar-refractivity contribution >= 4 is 23.5 Å². The number of benzene rings is 1. The van der Waals surface area contributed by atoms with Crippen LogP contribution in [-0.2, 0) is 29.5 Å². The van der Waals surface area contributed by atoms with Crippen molar-refractivity contribution in [1.29, 1.82) is 0 Å². The van der Waals surface area contributed by atoms with Gasteiger partial charge in [0.25, 0.3) is 0 Å². The van der Waals surface area contributed by atoms with Gasteiger partial charge in [0.15, 0.2) is 0 Å². The first-order chi connectivity index (χ1) is 12.0. The van der Waals surface area contributed by atoms with Gasteiger partial charge < -0.3 is 14.4 Å². The fourth-order valence-electron chi connectivity index (χ4n) is 2.80. The van der Waals surface area contributed by atoms with Gasteiger partial charge in [-0.3, -0.25) is 9.48 Å². The van der Waals surface area contributed by atoms with Crippen LogP contribution >= 0.6 is 11.6 Å². The summed E-state index contributed by atoms with van der Waals surface area (Å²) in [6.45, 7) is 1.07. The number of rotatable bonds is 3. The van der Waals surface area contributed by atoms with Gasteiger partial charge >= 0.3 is 5.97 Å². The first-order valence-corrected chi connectivity index (χ1v) is 8.16. The van der Waals surface area contributed by atoms with Gasteiger partial charge in [-0.15, -0.1) is 0 Å². The Labute approximate surface area is 150 Å². The van der Waals surface area contributed by atoms with Gasteiger partial charge in [-0.1, -0.05) is 23.7 Å². The Hall–Kier alpha value is -2.54. The van der Waals surface area contributed by atoms with Gasteiger partial charge in [-0.2, -0.15) is 5.10 Å². The second-order valence-corrected chi connectivity index (χ2v) is 6.10. The molecule has 2 aromatic rings. The molecule has 0 saturated heterocycles. The Kier molecular flexibility index (Phi) is 4.94. The molecule has 25 heavy (non-hydrogen) atoms. The number of para-hydroxylation sites is 1. The average molecular weight is 364 g/mol. The van der Waals surface area contributed by atoms with Crippen LogP contribution in [0, 0.1) is 0 Å². The highest BCUT2D eigenvalue weighted by molar-refractivity contribution is 6.31. The number of hydrogen-bond donors (Lipinski definition) is 0. The van der Waals surface area contributed by atoms with Crippen LogP contribution in [-0.4, -0.2) is 46.8 Å². The number of halogens is 1. The molecule has 0 saturated carbocycles. The number of aryl methyl sites for hydroxylation is 1. The van der Waals surface area contributed by atoms with Crippen LogP contribution in [0.1, 0.15) is 21.6 Å². The molecule has 0 spiro atoms. The van der Waals surface area contributed by atoms with Gasteiger partial charge in [-0.05, 0) is 6.07 Å². The number of carbonyl (C=O) groups excluding carboxylic acids is 2. The van der Waals surface area contributed by atoms with Crippen molar-refractivity contribution in [1.82, 2.24) is 14.7 Å². The van der Waals surface area contributed by atoms with E-state index in [1.54, 1.807) is 28.8 Å². The summed E-state index contributed by atoms with van der Waals surface area (Å²) in [7, 11) is 3.07. The number of hydrogen-bond acceptors (Lipinski definition) is 5. The van der Waals surface area contributed by atoms with Crippen LogP contribution in [0.5, 0.6) is 5.75 Å². The van der Waals surface area contributed by atoms with E-state index in [-0.39, 0.29) is 12.3 Å². The number of fused-ring (bicyclic) bond motifs is 1. The van der Waals surface area contributed by atoms with Crippen molar-refractivity contribution in [3.63, 3.8) is 0 Å². The summed E-state index contributed by atoms with van der Waals surface area (Å²) in [5, 5.41) is 4.51. The van der Waals surface area contributed by atoms with Crippen molar-refractivity contribution in [2.45, 2.75) is 13.0 Å². The van der Waals surface area contributed by atoms with E-state index >= 15 is 0 Å². The minimum atomic E-state index is -0.460. The molecule has 0 unspecified atom stereocenters. The number of ether oxygens (including phenoxy) is 2. The lowest BCUT2D eigenvalue weighted by Crippen LogP contribution is -2.34. The zero-order chi connectivity index (χ0) is 18.0. The number of carbonyl (C=O) groups is 2. The standard InChI is InChI=1S/C17H18ClN3O4/c1-20-14(13(18)9-19-20)8-15(22)21-6-7-25-16-11(10-21)4-3-5-12(16)17(23)24-2/h3-5,9H,6-8,10H2,1-2H3. The molecular weight excluding hydrogens is 346 g/mol. The highest BCUT2D eigenvalue weighted by Gasteiger charge is 2.25. The number of aromatic nitrogens is 2. The van der Waals surface area contributed by atoms with Crippen LogP contribution in [0.2, 0.25) is 5.02 Å². The number of nitrogens with zero attached hydrogens (tertiary/aromatic N) is 3. The van der Waals surface area contributed by atoms with Crippen LogP contribution in [0.25, 0.3) is 0 Å². The molecular formula is C17H18ClN3O4. The van der Waals surface area contributed by atoms with Crippen LogP contribution in [0.4, 0.5) is 0 Å². The van der Waals surface area contributed by atoms with Crippen molar-refractivity contribution in [2.24, 2.45) is 7.05 Å². The zero-order valence-corrected chi connectivity index (χ0v) is 14.7. The highest BCUT2D eigenvalue weighted by atomic mass is 35.5. The van der Waals surface area contributed by atoms with Crippen LogP contribution < -0.4 is 4.74 Å². The molecule has 7 nitrogen and oxygen atoms in total. The van der Waals surface area contributed by atoms with Crippen LogP contribution in [0.15, 0.2) is 24.4 Å². The minimum Gasteiger partial charge on any atom is -0.490 e. The lowest BCUT2D eigenvalue weighted by Gasteiger charge is -2.20. The van der Waals surface area contributed by atoms with Crippen molar-refractivity contribution in [3.8, 4) is 5.75 Å². The molecule has 1 aromatic carbocycles. The summed E-state index contributed by atoms with van der Waals surface area (Å²) in [6.07, 6.45) is 1.68. The summed E-state index contributed by atoms with van der Waals surface area (Å²) in [4.78, 5) is 26.3. The Morgan fingerprint density at radius 3 is 2.88 bits per heavy atom. The summed E-state index contributed by atoms with van der Waals surface area (Å²) in [5.41, 5.74) is 1.80. The van der Waals surface area contributed by atoms with E-state index in [0.29, 0.717) is 41.7 Å². The Morgan fingerprint density at radius 1 is 1.40 bits per heavy atom. The molecule has 1 aliphatic heterocycles. The van der Waals surface area contributed by atoms with Gasteiger partial charge in [0, 0.05) is 19.2 Å². The highest BCUT2D eigenvalue weighted by Crippen LogP contribution is 2.28. The maximum absolute atomic E-state index is 12.7. The second-order valence-electron chi connectivity index (χ2n) is 5.69. The zero-order valence-electron chi connectivity index (χ0n) is 14.0. The Balaban J connectivity index is 1.82. The fourth-order valence-corrected chi connectivity index (χ4v) is 3.03. The monoisotopic (exact) mass is 363 g/mol. The fraction of sp³-hybridized carbons (Fsp3) is 0.353. The maximum Gasteiger partial charge on any atom is 0.341 e. The van der Waals surface area contributed by atoms with E-state index in [9.17, 15) is 9.59 Å². The normalized spacial score (nSPS) is 13.6. The molecule has 0 bridgehead atoms. The molecule has 0 aliphatic carbocycles. The molecule has 3 rings (SSSR count). The Morgan fingerprint density at radius 2 is 2.20 bits per heavy atom. The maximum atomic E-state index is 12.7. The smallest absolute Gasteiger partial charge is 0.341 e. The largest absolute Gasteiger partial charge is 0.490 e. The molecule has 1 aromatic heterocycles. The number of esters is 1. The first-order valence-electron chi connectivity index (χ1n) is 7.78. The molecule has 0 N–H and O–H groups in total. The third kappa shape index (κ3) is 3.46. The predicted molar refractivity (Wildman–Crippen MR) is 90.6 cm³/mol. The van der Waals surface area contributed by atoms with Crippen molar-refractivity contribution < 1.29 is 19.1 Å². The molecule has 1 aliphatic rings. The lowest BCUT2D eigenvalue weighted by atomic mass is 10.1. The molecule has 0 radical (unpaired) electrons. The third-order valence-electron chi connectivity index (χ3n) is 4.15. The molecule has 1 amide bonds. The summed E-state index contributed by atoms with van der Waals surface area (Å²) in [5.74, 6) is -0.0630. The molecule has 8 heteroatoms. The second kappa shape index (κ2) is 7.14.